The van der Waals surface area contributed by atoms with Crippen molar-refractivity contribution < 1.29 is 19.5 Å². The maximum atomic E-state index is 11.8. The molecular formula is C11H19N3O4. The van der Waals surface area contributed by atoms with Gasteiger partial charge in [0.05, 0.1) is 0 Å². The number of aliphatic carboxylic acids is 1. The maximum absolute atomic E-state index is 11.8. The van der Waals surface area contributed by atoms with Gasteiger partial charge in [-0.05, 0) is 25.7 Å². The SMILES string of the molecule is NC(=O)CC[C@@H](NC(=O)C1CCC(N)C1)C(=O)O. The summed E-state index contributed by atoms with van der Waals surface area (Å²) in [5, 5.41) is 11.4. The van der Waals surface area contributed by atoms with Crippen LogP contribution in [0, 0.1) is 5.92 Å². The molecule has 0 spiro atoms. The molecule has 1 rings (SSSR count). The smallest absolute Gasteiger partial charge is 0.326 e. The van der Waals surface area contributed by atoms with Crippen LogP contribution in [0.25, 0.3) is 0 Å². The molecule has 0 aliphatic heterocycles. The minimum atomic E-state index is -1.16. The molecule has 0 aromatic rings. The Morgan fingerprint density at radius 1 is 1.33 bits per heavy atom. The molecule has 7 heteroatoms. The van der Waals surface area contributed by atoms with Crippen LogP contribution in [0.4, 0.5) is 0 Å². The van der Waals surface area contributed by atoms with Gasteiger partial charge in [-0.15, -0.1) is 0 Å². The summed E-state index contributed by atoms with van der Waals surface area (Å²) in [6, 6.07) is -1.06. The summed E-state index contributed by atoms with van der Waals surface area (Å²) in [7, 11) is 0. The zero-order valence-electron chi connectivity index (χ0n) is 10.1. The van der Waals surface area contributed by atoms with Gasteiger partial charge in [-0.1, -0.05) is 0 Å². The Labute approximate surface area is 105 Å². The first-order chi connectivity index (χ1) is 8.40. The molecule has 0 aromatic heterocycles. The third kappa shape index (κ3) is 4.33. The van der Waals surface area contributed by atoms with Gasteiger partial charge in [0.25, 0.3) is 0 Å². The van der Waals surface area contributed by atoms with Gasteiger partial charge in [0, 0.05) is 18.4 Å². The van der Waals surface area contributed by atoms with E-state index >= 15 is 0 Å². The van der Waals surface area contributed by atoms with Crippen LogP contribution in [0.15, 0.2) is 0 Å². The Kier molecular flexibility index (Phi) is 5.08. The molecule has 0 heterocycles. The molecule has 2 amide bonds. The fourth-order valence-electron chi connectivity index (χ4n) is 2.09. The molecule has 1 fully saturated rings. The molecule has 102 valence electrons. The van der Waals surface area contributed by atoms with E-state index in [1.165, 1.54) is 0 Å². The molecule has 1 aliphatic rings. The fraction of sp³-hybridized carbons (Fsp3) is 0.727. The van der Waals surface area contributed by atoms with E-state index in [1.807, 2.05) is 0 Å². The number of amides is 2. The zero-order valence-corrected chi connectivity index (χ0v) is 10.1. The number of hydrogen-bond donors (Lipinski definition) is 4. The maximum Gasteiger partial charge on any atom is 0.326 e. The number of primary amides is 1. The lowest BCUT2D eigenvalue weighted by atomic mass is 10.1. The Morgan fingerprint density at radius 3 is 2.44 bits per heavy atom. The fourth-order valence-corrected chi connectivity index (χ4v) is 2.09. The number of nitrogens with two attached hydrogens (primary N) is 2. The number of carboxylic acid groups (broad SMARTS) is 1. The summed E-state index contributed by atoms with van der Waals surface area (Å²) in [6.07, 6.45) is 1.97. The number of carboxylic acids is 1. The molecule has 0 bridgehead atoms. The second kappa shape index (κ2) is 6.34. The first-order valence-electron chi connectivity index (χ1n) is 5.97. The standard InChI is InChI=1S/C11H19N3O4/c12-7-2-1-6(5-7)10(16)14-8(11(17)18)3-4-9(13)15/h6-8H,1-5,12H2,(H2,13,15)(H,14,16)(H,17,18)/t6?,7?,8-/m1/s1. The van der Waals surface area contributed by atoms with Gasteiger partial charge in [0.15, 0.2) is 0 Å². The van der Waals surface area contributed by atoms with Crippen LogP contribution < -0.4 is 16.8 Å². The monoisotopic (exact) mass is 257 g/mol. The van der Waals surface area contributed by atoms with Crippen LogP contribution in [-0.4, -0.2) is 35.0 Å². The average Bonchev–Trinajstić information content (AvgIpc) is 2.70. The number of rotatable bonds is 6. The zero-order chi connectivity index (χ0) is 13.7. The molecule has 0 saturated heterocycles. The minimum absolute atomic E-state index is 0.00893. The second-order valence-electron chi connectivity index (χ2n) is 4.67. The first-order valence-corrected chi connectivity index (χ1v) is 5.97. The molecule has 0 aromatic carbocycles. The van der Waals surface area contributed by atoms with Crippen molar-refractivity contribution in [2.24, 2.45) is 17.4 Å². The molecule has 7 nitrogen and oxygen atoms in total. The van der Waals surface area contributed by atoms with E-state index in [4.69, 9.17) is 16.6 Å². The summed E-state index contributed by atoms with van der Waals surface area (Å²) in [5.41, 5.74) is 10.6. The summed E-state index contributed by atoms with van der Waals surface area (Å²) < 4.78 is 0. The molecule has 3 atom stereocenters. The Morgan fingerprint density at radius 2 is 2.00 bits per heavy atom. The Balaban J connectivity index is 2.47. The molecule has 18 heavy (non-hydrogen) atoms. The highest BCUT2D eigenvalue weighted by molar-refractivity contribution is 5.85. The summed E-state index contributed by atoms with van der Waals surface area (Å²) in [5.74, 6) is -2.28. The van der Waals surface area contributed by atoms with Crippen molar-refractivity contribution in [1.82, 2.24) is 5.32 Å². The largest absolute Gasteiger partial charge is 0.480 e. The Hall–Kier alpha value is -1.63. The van der Waals surface area contributed by atoms with E-state index in [2.05, 4.69) is 5.32 Å². The third-order valence-electron chi connectivity index (χ3n) is 3.14. The lowest BCUT2D eigenvalue weighted by molar-refractivity contribution is -0.142. The van der Waals surface area contributed by atoms with Crippen molar-refractivity contribution in [1.29, 1.82) is 0 Å². The van der Waals surface area contributed by atoms with Gasteiger partial charge in [-0.2, -0.15) is 0 Å². The highest BCUT2D eigenvalue weighted by atomic mass is 16.4. The van der Waals surface area contributed by atoms with Crippen molar-refractivity contribution in [3.8, 4) is 0 Å². The third-order valence-corrected chi connectivity index (χ3v) is 3.14. The van der Waals surface area contributed by atoms with Gasteiger partial charge in [0.1, 0.15) is 6.04 Å². The van der Waals surface area contributed by atoms with Gasteiger partial charge >= 0.3 is 5.97 Å². The number of hydrogen-bond acceptors (Lipinski definition) is 4. The first kappa shape index (κ1) is 14.4. The molecule has 1 aliphatic carbocycles. The summed E-state index contributed by atoms with van der Waals surface area (Å²) in [6.45, 7) is 0. The molecule has 1 saturated carbocycles. The highest BCUT2D eigenvalue weighted by Gasteiger charge is 2.30. The normalized spacial score (nSPS) is 24.5. The van der Waals surface area contributed by atoms with Crippen LogP contribution in [-0.2, 0) is 14.4 Å². The minimum Gasteiger partial charge on any atom is -0.480 e. The topological polar surface area (TPSA) is 136 Å². The van der Waals surface area contributed by atoms with Gasteiger partial charge in [-0.3, -0.25) is 9.59 Å². The van der Waals surface area contributed by atoms with Gasteiger partial charge in [0.2, 0.25) is 11.8 Å². The van der Waals surface area contributed by atoms with Crippen molar-refractivity contribution >= 4 is 17.8 Å². The summed E-state index contributed by atoms with van der Waals surface area (Å²) >= 11 is 0. The van der Waals surface area contributed by atoms with Crippen LogP contribution in [0.2, 0.25) is 0 Å². The van der Waals surface area contributed by atoms with Crippen LogP contribution in [0.5, 0.6) is 0 Å². The lowest BCUT2D eigenvalue weighted by Gasteiger charge is -2.16. The van der Waals surface area contributed by atoms with Crippen molar-refractivity contribution in [2.45, 2.75) is 44.2 Å². The predicted octanol–water partition coefficient (Wildman–Crippen LogP) is -1.05. The predicted molar refractivity (Wildman–Crippen MR) is 63.3 cm³/mol. The van der Waals surface area contributed by atoms with Gasteiger partial charge < -0.3 is 21.9 Å². The van der Waals surface area contributed by atoms with Gasteiger partial charge in [-0.25, -0.2) is 4.79 Å². The summed E-state index contributed by atoms with van der Waals surface area (Å²) in [4.78, 5) is 33.4. The number of carbonyl (C=O) groups is 3. The number of carbonyl (C=O) groups excluding carboxylic acids is 2. The molecular weight excluding hydrogens is 238 g/mol. The second-order valence-corrected chi connectivity index (χ2v) is 4.67. The molecule has 2 unspecified atom stereocenters. The number of nitrogens with one attached hydrogen (secondary N) is 1. The van der Waals surface area contributed by atoms with Crippen LogP contribution in [0.3, 0.4) is 0 Å². The molecule has 0 radical (unpaired) electrons. The van der Waals surface area contributed by atoms with E-state index in [0.717, 1.165) is 6.42 Å². The van der Waals surface area contributed by atoms with Crippen LogP contribution in [0.1, 0.15) is 32.1 Å². The van der Waals surface area contributed by atoms with Crippen molar-refractivity contribution in [2.75, 3.05) is 0 Å². The van der Waals surface area contributed by atoms with E-state index in [9.17, 15) is 14.4 Å². The van der Waals surface area contributed by atoms with E-state index < -0.39 is 17.9 Å². The molecule has 6 N–H and O–H groups in total. The average molecular weight is 257 g/mol. The quantitative estimate of drug-likeness (QED) is 0.481. The van der Waals surface area contributed by atoms with E-state index in [0.29, 0.717) is 12.8 Å². The van der Waals surface area contributed by atoms with E-state index in [-0.39, 0.29) is 30.7 Å². The van der Waals surface area contributed by atoms with Crippen molar-refractivity contribution in [3.63, 3.8) is 0 Å². The lowest BCUT2D eigenvalue weighted by Crippen LogP contribution is -2.43. The highest BCUT2D eigenvalue weighted by Crippen LogP contribution is 2.24. The Bertz CT molecular complexity index is 345. The van der Waals surface area contributed by atoms with Crippen LogP contribution >= 0.6 is 0 Å². The van der Waals surface area contributed by atoms with Crippen molar-refractivity contribution in [3.05, 3.63) is 0 Å². The van der Waals surface area contributed by atoms with E-state index in [1.54, 1.807) is 0 Å².